The molecule has 2 aromatic carbocycles. The Hall–Kier alpha value is -2.30. The van der Waals surface area contributed by atoms with E-state index in [2.05, 4.69) is 5.10 Å². The molecule has 0 aliphatic carbocycles. The molecule has 1 amide bonds. The monoisotopic (exact) mass is 346 g/mol. The van der Waals surface area contributed by atoms with E-state index in [1.54, 1.807) is 55.5 Å². The molecule has 3 rings (SSSR count). The Bertz CT molecular complexity index is 859. The Morgan fingerprint density at radius 1 is 1.13 bits per heavy atom. The lowest BCUT2D eigenvalue weighted by Gasteiger charge is -2.12. The van der Waals surface area contributed by atoms with Crippen LogP contribution in [0, 0.1) is 0 Å². The molecule has 1 aliphatic heterocycles. The van der Waals surface area contributed by atoms with Crippen LogP contribution in [0.3, 0.4) is 0 Å². The summed E-state index contributed by atoms with van der Waals surface area (Å²) in [5.41, 5.74) is 2.06. The number of hydrogen-bond acceptors (Lipinski definition) is 3. The van der Waals surface area contributed by atoms with Crippen molar-refractivity contribution in [1.82, 2.24) is 0 Å². The number of carbonyl (C=O) groups excluding carboxylic acids is 1. The van der Waals surface area contributed by atoms with Crippen LogP contribution in [-0.2, 0) is 4.79 Å². The van der Waals surface area contributed by atoms with Gasteiger partial charge in [0.15, 0.2) is 0 Å². The summed E-state index contributed by atoms with van der Waals surface area (Å²) in [5.74, 6) is -0.183. The molecule has 0 atom stereocenters. The number of phenolic OH excluding ortho intramolecular Hbond substituents is 1. The van der Waals surface area contributed by atoms with Gasteiger partial charge in [0.2, 0.25) is 0 Å². The lowest BCUT2D eigenvalue weighted by Crippen LogP contribution is -2.21. The van der Waals surface area contributed by atoms with Crippen molar-refractivity contribution in [2.45, 2.75) is 6.92 Å². The lowest BCUT2D eigenvalue weighted by atomic mass is 10.1. The summed E-state index contributed by atoms with van der Waals surface area (Å²) in [6, 6.07) is 11.7. The van der Waals surface area contributed by atoms with Crippen molar-refractivity contribution in [2.24, 2.45) is 5.10 Å². The van der Waals surface area contributed by atoms with Gasteiger partial charge in [-0.1, -0.05) is 41.4 Å². The number of hydrazone groups is 1. The highest BCUT2D eigenvalue weighted by Gasteiger charge is 2.29. The Morgan fingerprint density at radius 3 is 2.57 bits per heavy atom. The highest BCUT2D eigenvalue weighted by Crippen LogP contribution is 2.31. The maximum Gasteiger partial charge on any atom is 0.280 e. The first kappa shape index (κ1) is 15.6. The van der Waals surface area contributed by atoms with Gasteiger partial charge in [-0.15, -0.1) is 0 Å². The molecular formula is C17H12Cl2N2O2. The van der Waals surface area contributed by atoms with E-state index in [9.17, 15) is 9.90 Å². The van der Waals surface area contributed by atoms with Gasteiger partial charge < -0.3 is 5.11 Å². The first-order valence-electron chi connectivity index (χ1n) is 6.82. The van der Waals surface area contributed by atoms with Crippen LogP contribution in [0.4, 0.5) is 5.69 Å². The van der Waals surface area contributed by atoms with E-state index in [1.807, 2.05) is 0 Å². The molecule has 1 N–H and O–H groups in total. The fraction of sp³-hybridized carbons (Fsp3) is 0.0588. The van der Waals surface area contributed by atoms with Gasteiger partial charge in [-0.2, -0.15) is 10.1 Å². The van der Waals surface area contributed by atoms with E-state index in [-0.39, 0.29) is 11.7 Å². The van der Waals surface area contributed by atoms with E-state index in [0.717, 1.165) is 0 Å². The van der Waals surface area contributed by atoms with Crippen LogP contribution in [0.5, 0.6) is 5.75 Å². The van der Waals surface area contributed by atoms with Crippen LogP contribution in [0.25, 0.3) is 6.08 Å². The number of hydrogen-bond donors (Lipinski definition) is 1. The zero-order valence-electron chi connectivity index (χ0n) is 12.1. The number of para-hydroxylation sites is 1. The molecule has 116 valence electrons. The van der Waals surface area contributed by atoms with Crippen LogP contribution in [0.1, 0.15) is 12.5 Å². The van der Waals surface area contributed by atoms with E-state index >= 15 is 0 Å². The fourth-order valence-corrected chi connectivity index (χ4v) is 2.53. The van der Waals surface area contributed by atoms with Crippen LogP contribution < -0.4 is 5.01 Å². The van der Waals surface area contributed by atoms with Gasteiger partial charge in [-0.25, -0.2) is 0 Å². The molecule has 0 saturated carbocycles. The van der Waals surface area contributed by atoms with Gasteiger partial charge in [0.05, 0.1) is 27.0 Å². The van der Waals surface area contributed by atoms with Gasteiger partial charge in [0, 0.05) is 5.56 Å². The average Bonchev–Trinajstić information content (AvgIpc) is 2.80. The van der Waals surface area contributed by atoms with Crippen molar-refractivity contribution in [3.05, 3.63) is 63.6 Å². The summed E-state index contributed by atoms with van der Waals surface area (Å²) >= 11 is 11.9. The molecule has 23 heavy (non-hydrogen) atoms. The maximum absolute atomic E-state index is 12.6. The van der Waals surface area contributed by atoms with Crippen LogP contribution in [-0.4, -0.2) is 16.7 Å². The number of amides is 1. The molecule has 0 aromatic heterocycles. The van der Waals surface area contributed by atoms with Crippen LogP contribution >= 0.6 is 23.2 Å². The molecule has 2 aromatic rings. The standard InChI is InChI=1S/C17H12Cl2N2O2/c1-10-13(8-11-4-2-3-5-16(11)22)17(23)21(20-10)12-6-7-14(18)15(19)9-12/h2-9,22H,1H3/b13-8+. The number of nitrogens with zero attached hydrogens (tertiary/aromatic N) is 2. The summed E-state index contributed by atoms with van der Waals surface area (Å²) < 4.78 is 0. The van der Waals surface area contributed by atoms with Crippen molar-refractivity contribution in [1.29, 1.82) is 0 Å². The average molecular weight is 347 g/mol. The Morgan fingerprint density at radius 2 is 1.87 bits per heavy atom. The maximum atomic E-state index is 12.6. The zero-order valence-corrected chi connectivity index (χ0v) is 13.6. The molecule has 6 heteroatoms. The minimum Gasteiger partial charge on any atom is -0.507 e. The molecule has 4 nitrogen and oxygen atoms in total. The number of halogens is 2. The predicted octanol–water partition coefficient (Wildman–Crippen LogP) is 4.51. The second kappa shape index (κ2) is 6.07. The fourth-order valence-electron chi connectivity index (χ4n) is 2.24. The van der Waals surface area contributed by atoms with Crippen molar-refractivity contribution in [2.75, 3.05) is 5.01 Å². The van der Waals surface area contributed by atoms with Gasteiger partial charge in [-0.05, 0) is 37.3 Å². The van der Waals surface area contributed by atoms with E-state index in [1.165, 1.54) is 5.01 Å². The third kappa shape index (κ3) is 2.96. The smallest absolute Gasteiger partial charge is 0.280 e. The second-order valence-corrected chi connectivity index (χ2v) is 5.83. The summed E-state index contributed by atoms with van der Waals surface area (Å²) in [7, 11) is 0. The Labute approximate surface area is 143 Å². The SMILES string of the molecule is CC1=NN(c2ccc(Cl)c(Cl)c2)C(=O)/C1=C/c1ccccc1O. The van der Waals surface area contributed by atoms with E-state index in [0.29, 0.717) is 32.6 Å². The first-order valence-corrected chi connectivity index (χ1v) is 7.58. The number of anilines is 1. The van der Waals surface area contributed by atoms with Gasteiger partial charge >= 0.3 is 0 Å². The highest BCUT2D eigenvalue weighted by atomic mass is 35.5. The molecule has 0 bridgehead atoms. The van der Waals surface area contributed by atoms with Gasteiger partial charge in [0.1, 0.15) is 5.75 Å². The molecule has 1 heterocycles. The van der Waals surface area contributed by atoms with Crippen LogP contribution in [0.2, 0.25) is 10.0 Å². The summed E-state index contributed by atoms with van der Waals surface area (Å²) in [6.07, 6.45) is 1.62. The predicted molar refractivity (Wildman–Crippen MR) is 93.1 cm³/mol. The summed E-state index contributed by atoms with van der Waals surface area (Å²) in [5, 5.41) is 16.1. The van der Waals surface area contributed by atoms with Crippen molar-refractivity contribution < 1.29 is 9.90 Å². The number of rotatable bonds is 2. The Kier molecular flexibility index (Phi) is 4.11. The van der Waals surface area contributed by atoms with E-state index < -0.39 is 0 Å². The molecule has 0 saturated heterocycles. The third-order valence-corrected chi connectivity index (χ3v) is 4.19. The van der Waals surface area contributed by atoms with Crippen molar-refractivity contribution in [3.8, 4) is 5.75 Å². The third-order valence-electron chi connectivity index (χ3n) is 3.45. The molecule has 0 fully saturated rings. The summed E-state index contributed by atoms with van der Waals surface area (Å²) in [4.78, 5) is 12.6. The minimum absolute atomic E-state index is 0.105. The molecule has 0 unspecified atom stereocenters. The minimum atomic E-state index is -0.288. The first-order chi connectivity index (χ1) is 11.0. The quantitative estimate of drug-likeness (QED) is 0.813. The van der Waals surface area contributed by atoms with E-state index in [4.69, 9.17) is 23.2 Å². The molecule has 0 radical (unpaired) electrons. The molecule has 1 aliphatic rings. The number of phenols is 1. The number of aromatic hydroxyl groups is 1. The normalized spacial score (nSPS) is 16.1. The van der Waals surface area contributed by atoms with Crippen molar-refractivity contribution in [3.63, 3.8) is 0 Å². The topological polar surface area (TPSA) is 52.9 Å². The number of carbonyl (C=O) groups is 1. The van der Waals surface area contributed by atoms with Gasteiger partial charge in [-0.3, -0.25) is 4.79 Å². The van der Waals surface area contributed by atoms with Gasteiger partial charge in [0.25, 0.3) is 5.91 Å². The summed E-state index contributed by atoms with van der Waals surface area (Å²) in [6.45, 7) is 1.74. The van der Waals surface area contributed by atoms with Crippen molar-refractivity contribution >= 4 is 46.6 Å². The molecule has 0 spiro atoms. The Balaban J connectivity index is 1.98. The highest BCUT2D eigenvalue weighted by molar-refractivity contribution is 6.42. The zero-order chi connectivity index (χ0) is 16.6. The molecular weight excluding hydrogens is 335 g/mol. The number of benzene rings is 2. The lowest BCUT2D eigenvalue weighted by molar-refractivity contribution is -0.114. The van der Waals surface area contributed by atoms with Crippen LogP contribution in [0.15, 0.2) is 53.1 Å². The second-order valence-electron chi connectivity index (χ2n) is 5.02. The largest absolute Gasteiger partial charge is 0.507 e.